The molecule has 1 aliphatic heterocycles. The Kier molecular flexibility index (Phi) is 9.08. The van der Waals surface area contributed by atoms with Gasteiger partial charge in [-0.3, -0.25) is 4.68 Å². The minimum atomic E-state index is -0.919. The summed E-state index contributed by atoms with van der Waals surface area (Å²) in [4.78, 5) is 26.3. The molecule has 2 aliphatic rings. The second-order valence-electron chi connectivity index (χ2n) is 14.2. The Hall–Kier alpha value is -3.37. The zero-order valence-corrected chi connectivity index (χ0v) is 30.2. The number of nitrogens with zero attached hydrogens (tertiary/aromatic N) is 5. The molecule has 1 atom stereocenters. The predicted octanol–water partition coefficient (Wildman–Crippen LogP) is 9.03. The van der Waals surface area contributed by atoms with E-state index in [4.69, 9.17) is 36.1 Å². The number of rotatable bonds is 8. The fourth-order valence-corrected chi connectivity index (χ4v) is 8.48. The van der Waals surface area contributed by atoms with E-state index in [-0.39, 0.29) is 6.61 Å². The van der Waals surface area contributed by atoms with E-state index >= 15 is 0 Å². The van der Waals surface area contributed by atoms with E-state index in [0.717, 1.165) is 91.7 Å². The van der Waals surface area contributed by atoms with Crippen LogP contribution in [0.15, 0.2) is 42.6 Å². The fourth-order valence-electron chi connectivity index (χ4n) is 7.25. The number of thiazole rings is 1. The molecule has 0 radical (unpaired) electrons. The van der Waals surface area contributed by atoms with Crippen LogP contribution in [0.5, 0.6) is 0 Å². The lowest BCUT2D eigenvalue weighted by atomic mass is 9.86. The van der Waals surface area contributed by atoms with Crippen molar-refractivity contribution in [3.05, 3.63) is 64.4 Å². The van der Waals surface area contributed by atoms with Crippen molar-refractivity contribution in [1.82, 2.24) is 24.6 Å². The quantitative estimate of drug-likeness (QED) is 0.151. The molecule has 3 aromatic heterocycles. The zero-order valence-electron chi connectivity index (χ0n) is 28.7. The molecule has 10 heteroatoms. The number of halogens is 1. The van der Waals surface area contributed by atoms with E-state index < -0.39 is 17.7 Å². The van der Waals surface area contributed by atoms with Gasteiger partial charge in [0.25, 0.3) is 0 Å². The van der Waals surface area contributed by atoms with Crippen molar-refractivity contribution in [3.8, 4) is 21.7 Å². The van der Waals surface area contributed by atoms with Gasteiger partial charge in [0.15, 0.2) is 11.8 Å². The summed E-state index contributed by atoms with van der Waals surface area (Å²) in [6, 6.07) is 12.8. The average molecular weight is 686 g/mol. The predicted molar refractivity (Wildman–Crippen MR) is 194 cm³/mol. The number of aromatic nitrogens is 4. The summed E-state index contributed by atoms with van der Waals surface area (Å²) in [5.41, 5.74) is 6.79. The molecule has 5 aromatic rings. The first-order valence-electron chi connectivity index (χ1n) is 17.1. The molecule has 48 heavy (non-hydrogen) atoms. The van der Waals surface area contributed by atoms with E-state index in [1.54, 1.807) is 11.3 Å². The second-order valence-corrected chi connectivity index (χ2v) is 15.7. The minimum absolute atomic E-state index is 0.260. The van der Waals surface area contributed by atoms with Gasteiger partial charge in [0.05, 0.1) is 28.1 Å². The van der Waals surface area contributed by atoms with Gasteiger partial charge in [-0.05, 0) is 109 Å². The van der Waals surface area contributed by atoms with E-state index in [9.17, 15) is 4.79 Å². The molecule has 0 amide bonds. The number of carbonyl (C=O) groups excluding carboxylic acids is 1. The first kappa shape index (κ1) is 33.1. The molecule has 0 unspecified atom stereocenters. The van der Waals surface area contributed by atoms with Gasteiger partial charge in [-0.2, -0.15) is 5.10 Å². The van der Waals surface area contributed by atoms with Crippen molar-refractivity contribution in [1.29, 1.82) is 0 Å². The first-order valence-corrected chi connectivity index (χ1v) is 18.3. The van der Waals surface area contributed by atoms with Gasteiger partial charge < -0.3 is 14.4 Å². The van der Waals surface area contributed by atoms with Crippen LogP contribution in [-0.2, 0) is 21.3 Å². The Balaban J connectivity index is 1.33. The summed E-state index contributed by atoms with van der Waals surface area (Å²) in [5, 5.41) is 7.62. The first-order chi connectivity index (χ1) is 23.0. The number of likely N-dealkylation sites (tertiary alicyclic amines) is 1. The summed E-state index contributed by atoms with van der Waals surface area (Å²) in [7, 11) is 1.99. The van der Waals surface area contributed by atoms with Crippen LogP contribution in [0, 0.1) is 6.92 Å². The molecule has 252 valence electrons. The molecule has 7 rings (SSSR count). The molecular formula is C38H44ClN5O3S. The number of ether oxygens (including phenoxy) is 2. The maximum atomic E-state index is 13.5. The third-order valence-corrected chi connectivity index (χ3v) is 11.1. The largest absolute Gasteiger partial charge is 0.464 e. The van der Waals surface area contributed by atoms with E-state index in [1.807, 2.05) is 76.8 Å². The topological polar surface area (TPSA) is 82.4 Å². The van der Waals surface area contributed by atoms with Crippen LogP contribution in [0.25, 0.3) is 42.9 Å². The Bertz CT molecular complexity index is 1970. The molecule has 2 fully saturated rings. The van der Waals surface area contributed by atoms with Gasteiger partial charge in [-0.15, -0.1) is 11.3 Å². The zero-order chi connectivity index (χ0) is 33.7. The average Bonchev–Trinajstić information content (AvgIpc) is 3.59. The molecule has 1 saturated heterocycles. The summed E-state index contributed by atoms with van der Waals surface area (Å²) >= 11 is 7.94. The number of hydrogen-bond donors (Lipinski definition) is 0. The van der Waals surface area contributed by atoms with Crippen molar-refractivity contribution >= 4 is 50.2 Å². The highest BCUT2D eigenvalue weighted by atomic mass is 35.5. The summed E-state index contributed by atoms with van der Waals surface area (Å²) in [5.74, 6) is 0.00823. The lowest BCUT2D eigenvalue weighted by Gasteiger charge is -2.41. The van der Waals surface area contributed by atoms with Crippen LogP contribution in [0.4, 0.5) is 0 Å². The molecule has 0 N–H and O–H groups in total. The smallest absolute Gasteiger partial charge is 0.339 e. The molecule has 2 aromatic carbocycles. The number of piperidine rings is 1. The lowest BCUT2D eigenvalue weighted by molar-refractivity contribution is -0.166. The third kappa shape index (κ3) is 6.38. The van der Waals surface area contributed by atoms with Gasteiger partial charge >= 0.3 is 5.97 Å². The van der Waals surface area contributed by atoms with Gasteiger partial charge in [-0.1, -0.05) is 30.2 Å². The highest BCUT2D eigenvalue weighted by molar-refractivity contribution is 7.22. The number of fused-ring (bicyclic) bond motifs is 2. The SMILES string of the molecule is CCOC(=O)[C@@H](OC(C)(C)C)c1c(C)cc2nc(-c3cnc4c(c3)c(C3CCN(C5CCC5)CC3)nn4C)sc2c1-c1ccc(Cl)cc1. The molecule has 0 spiro atoms. The van der Waals surface area contributed by atoms with Gasteiger partial charge in [0.1, 0.15) is 5.01 Å². The maximum absolute atomic E-state index is 13.5. The molecule has 0 bridgehead atoms. The molecule has 1 saturated carbocycles. The molecule has 8 nitrogen and oxygen atoms in total. The molecule has 4 heterocycles. The monoisotopic (exact) mass is 685 g/mol. The Morgan fingerprint density at radius 2 is 1.81 bits per heavy atom. The van der Waals surface area contributed by atoms with Crippen molar-refractivity contribution in [2.75, 3.05) is 19.7 Å². The van der Waals surface area contributed by atoms with Crippen LogP contribution in [0.1, 0.15) is 88.6 Å². The summed E-state index contributed by atoms with van der Waals surface area (Å²) < 4.78 is 14.9. The second kappa shape index (κ2) is 13.2. The summed E-state index contributed by atoms with van der Waals surface area (Å²) in [6.07, 6.45) is 7.30. The number of aryl methyl sites for hydroxylation is 2. The summed E-state index contributed by atoms with van der Waals surface area (Å²) in [6.45, 7) is 12.2. The van der Waals surface area contributed by atoms with Crippen molar-refractivity contribution < 1.29 is 14.3 Å². The number of pyridine rings is 1. The van der Waals surface area contributed by atoms with Crippen LogP contribution in [-0.4, -0.2) is 62.0 Å². The Morgan fingerprint density at radius 3 is 2.46 bits per heavy atom. The van der Waals surface area contributed by atoms with Crippen LogP contribution in [0.2, 0.25) is 5.02 Å². The van der Waals surface area contributed by atoms with Gasteiger partial charge in [0.2, 0.25) is 0 Å². The Morgan fingerprint density at radius 1 is 1.08 bits per heavy atom. The van der Waals surface area contributed by atoms with E-state index in [0.29, 0.717) is 10.9 Å². The highest BCUT2D eigenvalue weighted by Crippen LogP contribution is 2.45. The highest BCUT2D eigenvalue weighted by Gasteiger charge is 2.34. The Labute approximate surface area is 291 Å². The van der Waals surface area contributed by atoms with Crippen molar-refractivity contribution in [2.45, 2.75) is 90.4 Å². The number of hydrogen-bond acceptors (Lipinski definition) is 8. The van der Waals surface area contributed by atoms with E-state index in [1.165, 1.54) is 19.3 Å². The number of carbonyl (C=O) groups is 1. The maximum Gasteiger partial charge on any atom is 0.339 e. The molecular weight excluding hydrogens is 642 g/mol. The third-order valence-electron chi connectivity index (χ3n) is 9.76. The van der Waals surface area contributed by atoms with Gasteiger partial charge in [0, 0.05) is 52.3 Å². The van der Waals surface area contributed by atoms with Gasteiger partial charge in [-0.25, -0.2) is 14.8 Å². The normalized spacial score (nSPS) is 17.2. The van der Waals surface area contributed by atoms with E-state index in [2.05, 4.69) is 17.0 Å². The van der Waals surface area contributed by atoms with Crippen molar-refractivity contribution in [2.24, 2.45) is 7.05 Å². The fraction of sp³-hybridized carbons (Fsp3) is 0.474. The minimum Gasteiger partial charge on any atom is -0.464 e. The lowest BCUT2D eigenvalue weighted by Crippen LogP contribution is -2.44. The van der Waals surface area contributed by atoms with Crippen LogP contribution < -0.4 is 0 Å². The number of esters is 1. The van der Waals surface area contributed by atoms with Crippen LogP contribution in [0.3, 0.4) is 0 Å². The molecule has 1 aliphatic carbocycles. The van der Waals surface area contributed by atoms with Crippen molar-refractivity contribution in [3.63, 3.8) is 0 Å². The van der Waals surface area contributed by atoms with Crippen LogP contribution >= 0.6 is 22.9 Å². The number of benzene rings is 2. The standard InChI is InChI=1S/C38H44ClN5O3S/c1-7-46-37(45)33(47-38(3,4)5)30-22(2)19-29-34(31(30)23-11-13-26(39)14-12-23)48-36(41-29)25-20-28-32(42-43(6)35(28)40-21-25)24-15-17-44(18-16-24)27-9-8-10-27/h11-14,19-21,24,27,33H,7-10,15-18H2,1-6H3/t33-/m0/s1.